The van der Waals surface area contributed by atoms with Gasteiger partial charge < -0.3 is 0 Å². The second-order valence-corrected chi connectivity index (χ2v) is 3.26. The third-order valence-electron chi connectivity index (χ3n) is 1.93. The molecule has 60 valence electrons. The van der Waals surface area contributed by atoms with Gasteiger partial charge in [-0.25, -0.2) is 0 Å². The summed E-state index contributed by atoms with van der Waals surface area (Å²) in [7, 11) is 0. The third kappa shape index (κ3) is 2.07. The van der Waals surface area contributed by atoms with E-state index in [-0.39, 0.29) is 0 Å². The van der Waals surface area contributed by atoms with Crippen LogP contribution in [0.25, 0.3) is 0 Å². The Hall–Kier alpha value is -0.780. The van der Waals surface area contributed by atoms with Crippen molar-refractivity contribution in [2.45, 2.75) is 33.6 Å². The van der Waals surface area contributed by atoms with Crippen LogP contribution in [0.3, 0.4) is 0 Å². The van der Waals surface area contributed by atoms with Gasteiger partial charge in [0.05, 0.1) is 0 Å². The number of rotatable bonds is 2. The summed E-state index contributed by atoms with van der Waals surface area (Å²) in [6.07, 6.45) is 9.19. The average molecular weight is 148 g/mol. The van der Waals surface area contributed by atoms with Crippen molar-refractivity contribution in [3.8, 4) is 0 Å². The fourth-order valence-corrected chi connectivity index (χ4v) is 1.25. The van der Waals surface area contributed by atoms with Gasteiger partial charge in [-0.3, -0.25) is 0 Å². The van der Waals surface area contributed by atoms with Crippen LogP contribution in [-0.4, -0.2) is 0 Å². The normalized spacial score (nSPS) is 15.5. The highest BCUT2D eigenvalue weighted by molar-refractivity contribution is 5.47. The largest absolute Gasteiger partial charge is 0.0692 e. The molecule has 11 heavy (non-hydrogen) atoms. The van der Waals surface area contributed by atoms with Gasteiger partial charge in [0.25, 0.3) is 0 Å². The van der Waals surface area contributed by atoms with E-state index in [2.05, 4.69) is 39.0 Å². The summed E-state index contributed by atoms with van der Waals surface area (Å²) in [5.41, 5.74) is 4.28. The molecule has 0 saturated heterocycles. The van der Waals surface area contributed by atoms with Crippen molar-refractivity contribution in [1.82, 2.24) is 0 Å². The van der Waals surface area contributed by atoms with Crippen LogP contribution in [0.5, 0.6) is 0 Å². The predicted octanol–water partition coefficient (Wildman–Crippen LogP) is 3.62. The van der Waals surface area contributed by atoms with Crippen LogP contribution >= 0.6 is 0 Å². The molecule has 0 aliphatic heterocycles. The molecular weight excluding hydrogens is 132 g/mol. The molecule has 0 saturated carbocycles. The van der Waals surface area contributed by atoms with Crippen LogP contribution in [0.4, 0.5) is 0 Å². The summed E-state index contributed by atoms with van der Waals surface area (Å²) in [6.45, 7) is 6.53. The van der Waals surface area contributed by atoms with Gasteiger partial charge in [-0.15, -0.1) is 0 Å². The fraction of sp³-hybridized carbons (Fsp3) is 0.455. The molecular formula is C11H16. The van der Waals surface area contributed by atoms with Crippen molar-refractivity contribution in [1.29, 1.82) is 0 Å². The SMILES string of the molecule is CCCC1=CC(=C(C)C)C=C1. The molecule has 0 aromatic rings. The molecule has 0 amide bonds. The molecule has 1 aliphatic rings. The average Bonchev–Trinajstić information content (AvgIpc) is 2.37. The van der Waals surface area contributed by atoms with Gasteiger partial charge >= 0.3 is 0 Å². The fourth-order valence-electron chi connectivity index (χ4n) is 1.25. The zero-order chi connectivity index (χ0) is 8.27. The monoisotopic (exact) mass is 148 g/mol. The highest BCUT2D eigenvalue weighted by Gasteiger charge is 2.01. The molecule has 0 aromatic carbocycles. The molecule has 1 aliphatic carbocycles. The lowest BCUT2D eigenvalue weighted by Gasteiger charge is -1.93. The van der Waals surface area contributed by atoms with E-state index in [0.717, 1.165) is 0 Å². The molecule has 1 rings (SSSR count). The van der Waals surface area contributed by atoms with E-state index in [9.17, 15) is 0 Å². The Morgan fingerprint density at radius 3 is 2.45 bits per heavy atom. The standard InChI is InChI=1S/C11H16/c1-4-5-10-6-7-11(8-10)9(2)3/h6-8H,4-5H2,1-3H3. The number of allylic oxidation sites excluding steroid dienone is 6. The molecule has 0 nitrogen and oxygen atoms in total. The number of hydrogen-bond acceptors (Lipinski definition) is 0. The Bertz CT molecular complexity index is 222. The lowest BCUT2D eigenvalue weighted by molar-refractivity contribution is 0.929. The van der Waals surface area contributed by atoms with E-state index in [4.69, 9.17) is 0 Å². The van der Waals surface area contributed by atoms with E-state index in [1.54, 1.807) is 0 Å². The molecule has 0 heteroatoms. The zero-order valence-corrected chi connectivity index (χ0v) is 7.65. The summed E-state index contributed by atoms with van der Waals surface area (Å²) >= 11 is 0. The molecule has 0 radical (unpaired) electrons. The summed E-state index contributed by atoms with van der Waals surface area (Å²) in [6, 6.07) is 0. The highest BCUT2D eigenvalue weighted by Crippen LogP contribution is 2.21. The molecule has 0 atom stereocenters. The van der Waals surface area contributed by atoms with Crippen LogP contribution in [-0.2, 0) is 0 Å². The van der Waals surface area contributed by atoms with E-state index < -0.39 is 0 Å². The number of hydrogen-bond donors (Lipinski definition) is 0. The first-order valence-electron chi connectivity index (χ1n) is 4.30. The molecule has 0 unspecified atom stereocenters. The van der Waals surface area contributed by atoms with Crippen molar-refractivity contribution in [2.24, 2.45) is 0 Å². The van der Waals surface area contributed by atoms with E-state index in [0.29, 0.717) is 0 Å². The van der Waals surface area contributed by atoms with Gasteiger partial charge in [-0.05, 0) is 31.4 Å². The minimum atomic E-state index is 1.22. The Labute approximate surface area is 69.3 Å². The summed E-state index contributed by atoms with van der Waals surface area (Å²) < 4.78 is 0. The van der Waals surface area contributed by atoms with Crippen molar-refractivity contribution in [2.75, 3.05) is 0 Å². The molecule has 0 fully saturated rings. The first kappa shape index (κ1) is 8.32. The van der Waals surface area contributed by atoms with Gasteiger partial charge in [-0.2, -0.15) is 0 Å². The Balaban J connectivity index is 2.71. The first-order chi connectivity index (χ1) is 5.24. The summed E-state index contributed by atoms with van der Waals surface area (Å²) in [4.78, 5) is 0. The van der Waals surface area contributed by atoms with Gasteiger partial charge in [0.15, 0.2) is 0 Å². The van der Waals surface area contributed by atoms with E-state index in [1.807, 2.05) is 0 Å². The Kier molecular flexibility index (Phi) is 2.70. The molecule has 0 N–H and O–H groups in total. The minimum absolute atomic E-state index is 1.22. The highest BCUT2D eigenvalue weighted by atomic mass is 14.1. The van der Waals surface area contributed by atoms with Crippen molar-refractivity contribution in [3.05, 3.63) is 34.9 Å². The third-order valence-corrected chi connectivity index (χ3v) is 1.93. The predicted molar refractivity (Wildman–Crippen MR) is 50.5 cm³/mol. The van der Waals surface area contributed by atoms with Crippen LogP contribution in [0.2, 0.25) is 0 Å². The zero-order valence-electron chi connectivity index (χ0n) is 7.65. The summed E-state index contributed by atoms with van der Waals surface area (Å²) in [5, 5.41) is 0. The Morgan fingerprint density at radius 1 is 1.27 bits per heavy atom. The van der Waals surface area contributed by atoms with E-state index in [1.165, 1.54) is 29.6 Å². The van der Waals surface area contributed by atoms with Gasteiger partial charge in [0.2, 0.25) is 0 Å². The molecule has 0 bridgehead atoms. The first-order valence-corrected chi connectivity index (χ1v) is 4.30. The lowest BCUT2D eigenvalue weighted by Crippen LogP contribution is -1.74. The van der Waals surface area contributed by atoms with Gasteiger partial charge in [0.1, 0.15) is 0 Å². The van der Waals surface area contributed by atoms with Crippen LogP contribution in [0.15, 0.2) is 34.9 Å². The second-order valence-electron chi connectivity index (χ2n) is 3.26. The minimum Gasteiger partial charge on any atom is -0.0692 e. The summed E-state index contributed by atoms with van der Waals surface area (Å²) in [5.74, 6) is 0. The van der Waals surface area contributed by atoms with E-state index >= 15 is 0 Å². The molecule has 0 heterocycles. The van der Waals surface area contributed by atoms with Crippen molar-refractivity contribution < 1.29 is 0 Å². The Morgan fingerprint density at radius 2 is 2.00 bits per heavy atom. The van der Waals surface area contributed by atoms with Crippen LogP contribution in [0, 0.1) is 0 Å². The van der Waals surface area contributed by atoms with Crippen molar-refractivity contribution in [3.63, 3.8) is 0 Å². The molecule has 0 spiro atoms. The second kappa shape index (κ2) is 3.56. The molecule has 0 aromatic heterocycles. The topological polar surface area (TPSA) is 0 Å². The maximum atomic E-state index is 2.29. The smallest absolute Gasteiger partial charge is 0.0267 e. The lowest BCUT2D eigenvalue weighted by atomic mass is 10.1. The van der Waals surface area contributed by atoms with Crippen molar-refractivity contribution >= 4 is 0 Å². The van der Waals surface area contributed by atoms with Crippen LogP contribution < -0.4 is 0 Å². The van der Waals surface area contributed by atoms with Gasteiger partial charge in [0, 0.05) is 0 Å². The maximum Gasteiger partial charge on any atom is -0.0267 e. The van der Waals surface area contributed by atoms with Crippen LogP contribution in [0.1, 0.15) is 33.6 Å². The quantitative estimate of drug-likeness (QED) is 0.561. The maximum absolute atomic E-state index is 2.29. The van der Waals surface area contributed by atoms with Gasteiger partial charge in [-0.1, -0.05) is 37.1 Å².